The van der Waals surface area contributed by atoms with Crippen molar-refractivity contribution in [2.75, 3.05) is 18.4 Å². The average molecular weight is 301 g/mol. The van der Waals surface area contributed by atoms with Crippen LogP contribution in [-0.4, -0.2) is 35.8 Å². The molecule has 5 heteroatoms. The number of hydrogen-bond acceptors (Lipinski definition) is 3. The number of anilines is 1. The molecular formula is C17H23N3O2. The highest BCUT2D eigenvalue weighted by molar-refractivity contribution is 5.92. The normalized spacial score (nSPS) is 20.7. The Balaban J connectivity index is 1.57. The molecule has 1 unspecified atom stereocenters. The predicted molar refractivity (Wildman–Crippen MR) is 85.3 cm³/mol. The van der Waals surface area contributed by atoms with Crippen molar-refractivity contribution in [2.24, 2.45) is 5.92 Å². The zero-order valence-corrected chi connectivity index (χ0v) is 13.0. The quantitative estimate of drug-likeness (QED) is 0.871. The average Bonchev–Trinajstić information content (AvgIpc) is 3.18. The number of nitrogens with one attached hydrogen (secondary N) is 2. The van der Waals surface area contributed by atoms with Crippen molar-refractivity contribution in [3.8, 4) is 0 Å². The van der Waals surface area contributed by atoms with Crippen LogP contribution in [0.25, 0.3) is 0 Å². The first-order valence-electron chi connectivity index (χ1n) is 8.01. The molecule has 22 heavy (non-hydrogen) atoms. The van der Waals surface area contributed by atoms with E-state index in [1.54, 1.807) is 6.92 Å². The second-order valence-electron chi connectivity index (χ2n) is 6.25. The molecule has 2 N–H and O–H groups in total. The van der Waals surface area contributed by atoms with E-state index in [1.807, 2.05) is 29.2 Å². The highest BCUT2D eigenvalue weighted by atomic mass is 16.2. The summed E-state index contributed by atoms with van der Waals surface area (Å²) in [6.07, 6.45) is 3.13. The molecule has 1 aliphatic carbocycles. The van der Waals surface area contributed by atoms with Crippen LogP contribution in [0.1, 0.15) is 31.7 Å². The van der Waals surface area contributed by atoms with E-state index < -0.39 is 0 Å². The maximum atomic E-state index is 12.1. The molecule has 1 atom stereocenters. The van der Waals surface area contributed by atoms with E-state index in [0.717, 1.165) is 43.6 Å². The van der Waals surface area contributed by atoms with Crippen LogP contribution in [0.5, 0.6) is 0 Å². The Morgan fingerprint density at radius 2 is 1.95 bits per heavy atom. The van der Waals surface area contributed by atoms with Crippen molar-refractivity contribution in [3.63, 3.8) is 0 Å². The summed E-state index contributed by atoms with van der Waals surface area (Å²) in [5, 5.41) is 6.16. The van der Waals surface area contributed by atoms with Crippen molar-refractivity contribution >= 4 is 17.5 Å². The van der Waals surface area contributed by atoms with Gasteiger partial charge in [-0.15, -0.1) is 0 Å². The topological polar surface area (TPSA) is 61.4 Å². The molecule has 0 spiro atoms. The first kappa shape index (κ1) is 15.0. The van der Waals surface area contributed by atoms with E-state index >= 15 is 0 Å². The number of hydrogen-bond donors (Lipinski definition) is 2. The molecular weight excluding hydrogens is 278 g/mol. The van der Waals surface area contributed by atoms with Crippen molar-refractivity contribution in [3.05, 3.63) is 29.8 Å². The van der Waals surface area contributed by atoms with Gasteiger partial charge in [0.1, 0.15) is 0 Å². The van der Waals surface area contributed by atoms with Crippen LogP contribution in [0.2, 0.25) is 0 Å². The Morgan fingerprint density at radius 3 is 2.50 bits per heavy atom. The van der Waals surface area contributed by atoms with Gasteiger partial charge in [-0.3, -0.25) is 9.59 Å². The standard InChI is InChI=1S/C17H23N3O2/c1-12(21)20(16-6-7-16)11-13-2-4-15(5-3-13)19-17(22)14-8-9-18-10-14/h2-5,14,16,18H,6-11H2,1H3,(H,19,22). The molecule has 0 radical (unpaired) electrons. The highest BCUT2D eigenvalue weighted by Gasteiger charge is 2.30. The number of rotatable bonds is 5. The van der Waals surface area contributed by atoms with Crippen LogP contribution < -0.4 is 10.6 Å². The lowest BCUT2D eigenvalue weighted by Crippen LogP contribution is -2.30. The Hall–Kier alpha value is -1.88. The molecule has 118 valence electrons. The van der Waals surface area contributed by atoms with Gasteiger partial charge in [0.2, 0.25) is 11.8 Å². The fourth-order valence-corrected chi connectivity index (χ4v) is 2.90. The van der Waals surface area contributed by atoms with Gasteiger partial charge in [-0.25, -0.2) is 0 Å². The van der Waals surface area contributed by atoms with Crippen LogP contribution in [0.3, 0.4) is 0 Å². The molecule has 3 rings (SSSR count). The molecule has 1 heterocycles. The number of benzene rings is 1. The molecule has 2 aliphatic rings. The summed E-state index contributed by atoms with van der Waals surface area (Å²) in [7, 11) is 0. The fraction of sp³-hybridized carbons (Fsp3) is 0.529. The van der Waals surface area contributed by atoms with Gasteiger partial charge in [0, 0.05) is 31.7 Å². The van der Waals surface area contributed by atoms with E-state index in [9.17, 15) is 9.59 Å². The molecule has 1 saturated heterocycles. The third kappa shape index (κ3) is 3.65. The smallest absolute Gasteiger partial charge is 0.228 e. The summed E-state index contributed by atoms with van der Waals surface area (Å²) in [6, 6.07) is 8.23. The summed E-state index contributed by atoms with van der Waals surface area (Å²) in [5.41, 5.74) is 1.92. The molecule has 0 bridgehead atoms. The summed E-state index contributed by atoms with van der Waals surface area (Å²) in [6.45, 7) is 3.96. The van der Waals surface area contributed by atoms with Gasteiger partial charge in [0.25, 0.3) is 0 Å². The summed E-state index contributed by atoms with van der Waals surface area (Å²) in [5.74, 6) is 0.289. The first-order valence-corrected chi connectivity index (χ1v) is 8.01. The highest BCUT2D eigenvalue weighted by Crippen LogP contribution is 2.28. The lowest BCUT2D eigenvalue weighted by molar-refractivity contribution is -0.130. The van der Waals surface area contributed by atoms with Crippen LogP contribution >= 0.6 is 0 Å². The van der Waals surface area contributed by atoms with Gasteiger partial charge in [-0.2, -0.15) is 0 Å². The minimum absolute atomic E-state index is 0.0720. The van der Waals surface area contributed by atoms with Gasteiger partial charge in [0.15, 0.2) is 0 Å². The van der Waals surface area contributed by atoms with Crippen molar-refractivity contribution in [2.45, 2.75) is 38.8 Å². The maximum absolute atomic E-state index is 12.1. The molecule has 2 amide bonds. The van der Waals surface area contributed by atoms with Crippen LogP contribution in [0, 0.1) is 5.92 Å². The molecule has 1 aromatic rings. The van der Waals surface area contributed by atoms with Crippen molar-refractivity contribution in [1.82, 2.24) is 10.2 Å². The van der Waals surface area contributed by atoms with Gasteiger partial charge in [-0.1, -0.05) is 12.1 Å². The van der Waals surface area contributed by atoms with E-state index in [-0.39, 0.29) is 17.7 Å². The number of nitrogens with zero attached hydrogens (tertiary/aromatic N) is 1. The lowest BCUT2D eigenvalue weighted by Gasteiger charge is -2.20. The minimum atomic E-state index is 0.0720. The Kier molecular flexibility index (Phi) is 4.43. The monoisotopic (exact) mass is 301 g/mol. The largest absolute Gasteiger partial charge is 0.336 e. The summed E-state index contributed by atoms with van der Waals surface area (Å²) in [4.78, 5) is 25.6. The Bertz CT molecular complexity index is 546. The molecule has 2 fully saturated rings. The van der Waals surface area contributed by atoms with Gasteiger partial charge >= 0.3 is 0 Å². The van der Waals surface area contributed by atoms with E-state index in [2.05, 4.69) is 10.6 Å². The van der Waals surface area contributed by atoms with Gasteiger partial charge in [0.05, 0.1) is 5.92 Å². The van der Waals surface area contributed by atoms with Crippen molar-refractivity contribution in [1.29, 1.82) is 0 Å². The number of amides is 2. The van der Waals surface area contributed by atoms with Crippen LogP contribution in [0.15, 0.2) is 24.3 Å². The first-order chi connectivity index (χ1) is 10.6. The van der Waals surface area contributed by atoms with Gasteiger partial charge < -0.3 is 15.5 Å². The van der Waals surface area contributed by atoms with Crippen molar-refractivity contribution < 1.29 is 9.59 Å². The third-order valence-electron chi connectivity index (χ3n) is 4.40. The third-order valence-corrected chi connectivity index (χ3v) is 4.40. The zero-order valence-electron chi connectivity index (χ0n) is 13.0. The molecule has 1 aromatic carbocycles. The minimum Gasteiger partial charge on any atom is -0.336 e. The number of carbonyl (C=O) groups is 2. The van der Waals surface area contributed by atoms with E-state index in [0.29, 0.717) is 12.6 Å². The second-order valence-corrected chi connectivity index (χ2v) is 6.25. The molecule has 1 aliphatic heterocycles. The Labute approximate surface area is 131 Å². The van der Waals surface area contributed by atoms with Crippen LogP contribution in [0.4, 0.5) is 5.69 Å². The van der Waals surface area contributed by atoms with Gasteiger partial charge in [-0.05, 0) is 43.5 Å². The van der Waals surface area contributed by atoms with Crippen LogP contribution in [-0.2, 0) is 16.1 Å². The zero-order chi connectivity index (χ0) is 15.5. The summed E-state index contributed by atoms with van der Waals surface area (Å²) >= 11 is 0. The Morgan fingerprint density at radius 1 is 1.23 bits per heavy atom. The molecule has 1 saturated carbocycles. The predicted octanol–water partition coefficient (Wildman–Crippen LogP) is 1.75. The second kappa shape index (κ2) is 6.48. The molecule has 5 nitrogen and oxygen atoms in total. The molecule has 0 aromatic heterocycles. The van der Waals surface area contributed by atoms with E-state index in [4.69, 9.17) is 0 Å². The lowest BCUT2D eigenvalue weighted by atomic mass is 10.1. The SMILES string of the molecule is CC(=O)N(Cc1ccc(NC(=O)C2CCNC2)cc1)C1CC1. The van der Waals surface area contributed by atoms with E-state index in [1.165, 1.54) is 0 Å². The maximum Gasteiger partial charge on any atom is 0.228 e. The number of carbonyl (C=O) groups excluding carboxylic acids is 2. The summed E-state index contributed by atoms with van der Waals surface area (Å²) < 4.78 is 0. The fourth-order valence-electron chi connectivity index (χ4n) is 2.90.